The van der Waals surface area contributed by atoms with E-state index in [9.17, 15) is 9.59 Å². The van der Waals surface area contributed by atoms with Gasteiger partial charge in [0, 0.05) is 19.6 Å². The third kappa shape index (κ3) is 10.8. The summed E-state index contributed by atoms with van der Waals surface area (Å²) in [7, 11) is 0. The van der Waals surface area contributed by atoms with E-state index in [0.29, 0.717) is 19.1 Å². The summed E-state index contributed by atoms with van der Waals surface area (Å²) < 4.78 is 5.22. The maximum atomic E-state index is 11.1. The number of aliphatic carboxylic acids is 1. The zero-order valence-electron chi connectivity index (χ0n) is 9.28. The Labute approximate surface area is 89.8 Å². The van der Waals surface area contributed by atoms with Crippen molar-refractivity contribution in [3.63, 3.8) is 0 Å². The second kappa shape index (κ2) is 8.23. The minimum absolute atomic E-state index is 0.0431. The molecule has 0 heterocycles. The van der Waals surface area contributed by atoms with Crippen LogP contribution in [0.1, 0.15) is 26.7 Å². The lowest BCUT2D eigenvalue weighted by molar-refractivity contribution is -0.136. The second-order valence-corrected chi connectivity index (χ2v) is 3.71. The number of nitrogens with one attached hydrogen (secondary N) is 1. The third-order valence-electron chi connectivity index (χ3n) is 1.59. The predicted octanol–water partition coefficient (Wildman–Crippen LogP) is 0.640. The van der Waals surface area contributed by atoms with Gasteiger partial charge < -0.3 is 15.2 Å². The first-order valence-electron chi connectivity index (χ1n) is 5.08. The lowest BCUT2D eigenvalue weighted by Crippen LogP contribution is -2.27. The predicted molar refractivity (Wildman–Crippen MR) is 55.5 cm³/mol. The molecule has 0 unspecified atom stereocenters. The molecule has 0 spiro atoms. The van der Waals surface area contributed by atoms with Gasteiger partial charge in [0.2, 0.25) is 5.91 Å². The van der Waals surface area contributed by atoms with Gasteiger partial charge in [-0.05, 0) is 5.92 Å². The molecule has 0 aliphatic heterocycles. The zero-order valence-corrected chi connectivity index (χ0v) is 9.28. The van der Waals surface area contributed by atoms with Gasteiger partial charge in [0.05, 0.1) is 13.0 Å². The fourth-order valence-corrected chi connectivity index (χ4v) is 0.881. The molecular formula is C10H19NO4. The van der Waals surface area contributed by atoms with E-state index in [4.69, 9.17) is 9.84 Å². The third-order valence-corrected chi connectivity index (χ3v) is 1.59. The van der Waals surface area contributed by atoms with E-state index in [1.165, 1.54) is 0 Å². The summed E-state index contributed by atoms with van der Waals surface area (Å²) in [6, 6.07) is 0. The molecule has 0 atom stereocenters. The van der Waals surface area contributed by atoms with Gasteiger partial charge >= 0.3 is 5.97 Å². The van der Waals surface area contributed by atoms with Gasteiger partial charge in [-0.25, -0.2) is 0 Å². The van der Waals surface area contributed by atoms with E-state index in [0.717, 1.165) is 0 Å². The SMILES string of the molecule is CC(C)COCCC(=O)NCCC(=O)O. The minimum atomic E-state index is -0.911. The molecule has 15 heavy (non-hydrogen) atoms. The van der Waals surface area contributed by atoms with Crippen LogP contribution in [0.15, 0.2) is 0 Å². The van der Waals surface area contributed by atoms with Gasteiger partial charge in [-0.15, -0.1) is 0 Å². The Morgan fingerprint density at radius 2 is 2.00 bits per heavy atom. The summed E-state index contributed by atoms with van der Waals surface area (Å²) in [5, 5.41) is 10.8. The molecule has 0 saturated heterocycles. The lowest BCUT2D eigenvalue weighted by atomic mass is 10.2. The molecule has 0 saturated carbocycles. The van der Waals surface area contributed by atoms with Gasteiger partial charge in [-0.3, -0.25) is 9.59 Å². The Kier molecular flexibility index (Phi) is 7.62. The largest absolute Gasteiger partial charge is 0.481 e. The van der Waals surface area contributed by atoms with Crippen molar-refractivity contribution in [2.24, 2.45) is 5.92 Å². The normalized spacial score (nSPS) is 10.3. The first-order valence-corrected chi connectivity index (χ1v) is 5.08. The molecule has 0 rings (SSSR count). The number of amides is 1. The fourth-order valence-electron chi connectivity index (χ4n) is 0.881. The molecule has 0 aromatic rings. The highest BCUT2D eigenvalue weighted by molar-refractivity contribution is 5.76. The number of hydrogen-bond acceptors (Lipinski definition) is 3. The Hall–Kier alpha value is -1.10. The maximum Gasteiger partial charge on any atom is 0.305 e. The summed E-state index contributed by atoms with van der Waals surface area (Å²) in [6.45, 7) is 5.28. The van der Waals surface area contributed by atoms with Crippen LogP contribution in [-0.4, -0.2) is 36.7 Å². The van der Waals surface area contributed by atoms with Crippen molar-refractivity contribution in [2.75, 3.05) is 19.8 Å². The molecule has 0 aromatic heterocycles. The van der Waals surface area contributed by atoms with Crippen LogP contribution >= 0.6 is 0 Å². The Morgan fingerprint density at radius 1 is 1.33 bits per heavy atom. The number of carboxylic acids is 1. The molecule has 88 valence electrons. The molecule has 0 aromatic carbocycles. The van der Waals surface area contributed by atoms with Crippen molar-refractivity contribution in [2.45, 2.75) is 26.7 Å². The highest BCUT2D eigenvalue weighted by Crippen LogP contribution is 1.93. The van der Waals surface area contributed by atoms with Gasteiger partial charge in [-0.2, -0.15) is 0 Å². The molecule has 0 bridgehead atoms. The van der Waals surface area contributed by atoms with Crippen LogP contribution in [0.5, 0.6) is 0 Å². The van der Waals surface area contributed by atoms with E-state index in [1.54, 1.807) is 0 Å². The average molecular weight is 217 g/mol. The van der Waals surface area contributed by atoms with Crippen LogP contribution in [0.4, 0.5) is 0 Å². The van der Waals surface area contributed by atoms with E-state index in [-0.39, 0.29) is 25.3 Å². The minimum Gasteiger partial charge on any atom is -0.481 e. The van der Waals surface area contributed by atoms with Crippen molar-refractivity contribution >= 4 is 11.9 Å². The molecule has 5 heteroatoms. The average Bonchev–Trinajstić information content (AvgIpc) is 2.11. The van der Waals surface area contributed by atoms with Crippen LogP contribution < -0.4 is 5.32 Å². The summed E-state index contributed by atoms with van der Waals surface area (Å²) in [4.78, 5) is 21.2. The number of carbonyl (C=O) groups is 2. The van der Waals surface area contributed by atoms with Crippen molar-refractivity contribution in [1.82, 2.24) is 5.32 Å². The first kappa shape index (κ1) is 13.9. The van der Waals surface area contributed by atoms with Crippen molar-refractivity contribution in [3.05, 3.63) is 0 Å². The van der Waals surface area contributed by atoms with E-state index < -0.39 is 5.97 Å². The van der Waals surface area contributed by atoms with Crippen LogP contribution in [0.3, 0.4) is 0 Å². The number of ether oxygens (including phenoxy) is 1. The zero-order chi connectivity index (χ0) is 11.7. The maximum absolute atomic E-state index is 11.1. The number of hydrogen-bond donors (Lipinski definition) is 2. The molecule has 5 nitrogen and oxygen atoms in total. The smallest absolute Gasteiger partial charge is 0.305 e. The van der Waals surface area contributed by atoms with Gasteiger partial charge in [-0.1, -0.05) is 13.8 Å². The first-order chi connectivity index (χ1) is 7.02. The summed E-state index contributed by atoms with van der Waals surface area (Å²) in [6.07, 6.45) is 0.241. The van der Waals surface area contributed by atoms with Crippen LogP contribution in [0.25, 0.3) is 0 Å². The second-order valence-electron chi connectivity index (χ2n) is 3.71. The molecule has 0 aliphatic carbocycles. The lowest BCUT2D eigenvalue weighted by Gasteiger charge is -2.06. The van der Waals surface area contributed by atoms with E-state index in [2.05, 4.69) is 5.32 Å². The molecule has 1 amide bonds. The number of carboxylic acid groups (broad SMARTS) is 1. The van der Waals surface area contributed by atoms with Crippen molar-refractivity contribution in [1.29, 1.82) is 0 Å². The van der Waals surface area contributed by atoms with Gasteiger partial charge in [0.1, 0.15) is 0 Å². The van der Waals surface area contributed by atoms with Crippen LogP contribution in [-0.2, 0) is 14.3 Å². The van der Waals surface area contributed by atoms with Crippen molar-refractivity contribution in [3.8, 4) is 0 Å². The topological polar surface area (TPSA) is 75.6 Å². The van der Waals surface area contributed by atoms with Gasteiger partial charge in [0.25, 0.3) is 0 Å². The number of carbonyl (C=O) groups excluding carboxylic acids is 1. The van der Waals surface area contributed by atoms with E-state index >= 15 is 0 Å². The highest BCUT2D eigenvalue weighted by Gasteiger charge is 2.02. The van der Waals surface area contributed by atoms with E-state index in [1.807, 2.05) is 13.8 Å². The number of rotatable bonds is 8. The monoisotopic (exact) mass is 217 g/mol. The fraction of sp³-hybridized carbons (Fsp3) is 0.800. The molecule has 0 radical (unpaired) electrons. The standard InChI is InChI=1S/C10H19NO4/c1-8(2)7-15-6-4-9(12)11-5-3-10(13)14/h8H,3-7H2,1-2H3,(H,11,12)(H,13,14). The highest BCUT2D eigenvalue weighted by atomic mass is 16.5. The molecule has 0 fully saturated rings. The van der Waals surface area contributed by atoms with Gasteiger partial charge in [0.15, 0.2) is 0 Å². The Balaban J connectivity index is 3.30. The summed E-state index contributed by atoms with van der Waals surface area (Å²) in [5.41, 5.74) is 0. The van der Waals surface area contributed by atoms with Crippen molar-refractivity contribution < 1.29 is 19.4 Å². The Morgan fingerprint density at radius 3 is 2.53 bits per heavy atom. The summed E-state index contributed by atoms with van der Waals surface area (Å²) >= 11 is 0. The van der Waals surface area contributed by atoms with Crippen LogP contribution in [0.2, 0.25) is 0 Å². The Bertz CT molecular complexity index is 204. The molecule has 2 N–H and O–H groups in total. The quantitative estimate of drug-likeness (QED) is 0.585. The molecular weight excluding hydrogens is 198 g/mol. The molecule has 0 aliphatic rings. The summed E-state index contributed by atoms with van der Waals surface area (Å²) in [5.74, 6) is -0.619. The van der Waals surface area contributed by atoms with Crippen LogP contribution in [0, 0.1) is 5.92 Å².